The molecule has 2 heterocycles. The normalized spacial score (nSPS) is 15.3. The summed E-state index contributed by atoms with van der Waals surface area (Å²) in [6.45, 7) is 1.51. The van der Waals surface area contributed by atoms with Gasteiger partial charge in [0.2, 0.25) is 5.91 Å². The van der Waals surface area contributed by atoms with E-state index in [1.54, 1.807) is 17.8 Å². The molecule has 7 heteroatoms. The number of rotatable bonds is 4. The molecule has 1 aliphatic heterocycles. The highest BCUT2D eigenvalue weighted by molar-refractivity contribution is 7.98. The topological polar surface area (TPSA) is 45.2 Å². The number of amides is 1. The van der Waals surface area contributed by atoms with Crippen molar-refractivity contribution in [3.63, 3.8) is 0 Å². The highest BCUT2D eigenvalue weighted by Crippen LogP contribution is 2.33. The number of piperidine rings is 1. The molecule has 0 bridgehead atoms. The molecular formula is C20H20FN3OS2. The minimum atomic E-state index is -0.281. The van der Waals surface area contributed by atoms with Crippen LogP contribution in [0.1, 0.15) is 12.8 Å². The lowest BCUT2D eigenvalue weighted by Crippen LogP contribution is -2.38. The minimum absolute atomic E-state index is 0.0118. The Balaban J connectivity index is 1.40. The van der Waals surface area contributed by atoms with Crippen molar-refractivity contribution in [2.75, 3.05) is 29.6 Å². The van der Waals surface area contributed by atoms with Crippen LogP contribution in [0.2, 0.25) is 0 Å². The second kappa shape index (κ2) is 7.86. The third-order valence-corrected chi connectivity index (χ3v) is 6.74. The van der Waals surface area contributed by atoms with Crippen molar-refractivity contribution in [3.8, 4) is 0 Å². The Kier molecular flexibility index (Phi) is 5.31. The predicted molar refractivity (Wildman–Crippen MR) is 111 cm³/mol. The van der Waals surface area contributed by atoms with Crippen molar-refractivity contribution in [1.29, 1.82) is 0 Å². The maximum Gasteiger partial charge on any atom is 0.227 e. The zero-order chi connectivity index (χ0) is 18.8. The van der Waals surface area contributed by atoms with Crippen molar-refractivity contribution in [1.82, 2.24) is 4.98 Å². The smallest absolute Gasteiger partial charge is 0.227 e. The van der Waals surface area contributed by atoms with E-state index in [1.165, 1.54) is 17.4 Å². The number of carbonyl (C=O) groups is 1. The number of thiazole rings is 1. The third kappa shape index (κ3) is 3.80. The van der Waals surface area contributed by atoms with Crippen LogP contribution in [-0.2, 0) is 4.79 Å². The summed E-state index contributed by atoms with van der Waals surface area (Å²) >= 11 is 3.13. The molecule has 1 aromatic heterocycles. The lowest BCUT2D eigenvalue weighted by Gasteiger charge is -2.31. The number of fused-ring (bicyclic) bond motifs is 1. The molecule has 1 fully saturated rings. The number of benzene rings is 2. The Labute approximate surface area is 165 Å². The SMILES string of the molecule is CSc1ccccc1NC(=O)C1CCN(c2nc3c(F)cccc3s2)CC1. The van der Waals surface area contributed by atoms with Crippen LogP contribution in [0.4, 0.5) is 15.2 Å². The molecular weight excluding hydrogens is 381 g/mol. The largest absolute Gasteiger partial charge is 0.348 e. The number of nitrogens with one attached hydrogen (secondary N) is 1. The van der Waals surface area contributed by atoms with Crippen LogP contribution < -0.4 is 10.2 Å². The van der Waals surface area contributed by atoms with Crippen molar-refractivity contribution < 1.29 is 9.18 Å². The summed E-state index contributed by atoms with van der Waals surface area (Å²) in [4.78, 5) is 20.4. The minimum Gasteiger partial charge on any atom is -0.348 e. The van der Waals surface area contributed by atoms with Gasteiger partial charge in [-0.05, 0) is 43.4 Å². The van der Waals surface area contributed by atoms with E-state index in [-0.39, 0.29) is 17.6 Å². The van der Waals surface area contributed by atoms with Gasteiger partial charge in [-0.25, -0.2) is 9.37 Å². The molecule has 27 heavy (non-hydrogen) atoms. The van der Waals surface area contributed by atoms with Crippen molar-refractivity contribution in [2.24, 2.45) is 5.92 Å². The number of anilines is 2. The van der Waals surface area contributed by atoms with Crippen molar-refractivity contribution in [3.05, 3.63) is 48.3 Å². The zero-order valence-corrected chi connectivity index (χ0v) is 16.6. The van der Waals surface area contributed by atoms with Crippen molar-refractivity contribution >= 4 is 50.0 Å². The van der Waals surface area contributed by atoms with E-state index in [9.17, 15) is 9.18 Å². The fourth-order valence-corrected chi connectivity index (χ4v) is 4.94. The maximum atomic E-state index is 13.9. The number of hydrogen-bond donors (Lipinski definition) is 1. The lowest BCUT2D eigenvalue weighted by atomic mass is 9.96. The number of halogens is 1. The van der Waals surface area contributed by atoms with E-state index < -0.39 is 0 Å². The van der Waals surface area contributed by atoms with Gasteiger partial charge in [-0.1, -0.05) is 29.5 Å². The van der Waals surface area contributed by atoms with Crippen LogP contribution in [-0.4, -0.2) is 30.2 Å². The average molecular weight is 402 g/mol. The van der Waals surface area contributed by atoms with E-state index in [4.69, 9.17) is 0 Å². The first kappa shape index (κ1) is 18.3. The monoisotopic (exact) mass is 401 g/mol. The fourth-order valence-electron chi connectivity index (χ4n) is 3.35. The van der Waals surface area contributed by atoms with E-state index >= 15 is 0 Å². The Morgan fingerprint density at radius 3 is 2.74 bits per heavy atom. The number of thioether (sulfide) groups is 1. The molecule has 1 saturated heterocycles. The summed E-state index contributed by atoms with van der Waals surface area (Å²) < 4.78 is 14.7. The van der Waals surface area contributed by atoms with Gasteiger partial charge in [0, 0.05) is 23.9 Å². The van der Waals surface area contributed by atoms with E-state index in [2.05, 4.69) is 15.2 Å². The highest BCUT2D eigenvalue weighted by Gasteiger charge is 2.27. The van der Waals surface area contributed by atoms with Gasteiger partial charge in [0.1, 0.15) is 11.3 Å². The zero-order valence-electron chi connectivity index (χ0n) is 14.9. The van der Waals surface area contributed by atoms with Crippen LogP contribution in [0.15, 0.2) is 47.4 Å². The van der Waals surface area contributed by atoms with Crippen LogP contribution in [0, 0.1) is 11.7 Å². The first-order valence-electron chi connectivity index (χ1n) is 8.89. The summed E-state index contributed by atoms with van der Waals surface area (Å²) in [5.41, 5.74) is 1.31. The lowest BCUT2D eigenvalue weighted by molar-refractivity contribution is -0.120. The molecule has 3 aromatic rings. The molecule has 0 spiro atoms. The van der Waals surface area contributed by atoms with Crippen LogP contribution >= 0.6 is 23.1 Å². The Morgan fingerprint density at radius 1 is 1.22 bits per heavy atom. The van der Waals surface area contributed by atoms with Gasteiger partial charge in [0.05, 0.1) is 10.4 Å². The molecule has 0 unspecified atom stereocenters. The third-order valence-electron chi connectivity index (χ3n) is 4.86. The number of para-hydroxylation sites is 2. The molecule has 4 rings (SSSR count). The number of aromatic nitrogens is 1. The number of hydrogen-bond acceptors (Lipinski definition) is 5. The second-order valence-corrected chi connectivity index (χ2v) is 8.39. The molecule has 0 saturated carbocycles. The van der Waals surface area contributed by atoms with E-state index in [0.717, 1.165) is 46.3 Å². The molecule has 2 aromatic carbocycles. The molecule has 140 valence electrons. The summed E-state index contributed by atoms with van der Waals surface area (Å²) in [5.74, 6) is -0.217. The summed E-state index contributed by atoms with van der Waals surface area (Å²) in [6, 6.07) is 12.9. The van der Waals surface area contributed by atoms with Gasteiger partial charge >= 0.3 is 0 Å². The Bertz CT molecular complexity index is 967. The highest BCUT2D eigenvalue weighted by atomic mass is 32.2. The van der Waals surface area contributed by atoms with Gasteiger partial charge in [-0.15, -0.1) is 11.8 Å². The number of carbonyl (C=O) groups excluding carboxylic acids is 1. The van der Waals surface area contributed by atoms with E-state index in [0.29, 0.717) is 5.52 Å². The predicted octanol–water partition coefficient (Wildman–Crippen LogP) is 5.01. The van der Waals surface area contributed by atoms with Gasteiger partial charge in [0.15, 0.2) is 5.13 Å². The first-order chi connectivity index (χ1) is 13.2. The fraction of sp³-hybridized carbons (Fsp3) is 0.300. The standard InChI is InChI=1S/C20H20FN3OS2/c1-26-16-7-3-2-6-15(16)22-19(25)13-9-11-24(12-10-13)20-23-18-14(21)5-4-8-17(18)27-20/h2-8,13H,9-12H2,1H3,(H,22,25). The van der Waals surface area contributed by atoms with Gasteiger partial charge < -0.3 is 10.2 Å². The second-order valence-electron chi connectivity index (χ2n) is 6.53. The summed E-state index contributed by atoms with van der Waals surface area (Å²) in [7, 11) is 0. The van der Waals surface area contributed by atoms with Crippen molar-refractivity contribution in [2.45, 2.75) is 17.7 Å². The molecule has 4 nitrogen and oxygen atoms in total. The number of nitrogens with zero attached hydrogens (tertiary/aromatic N) is 2. The van der Waals surface area contributed by atoms with Gasteiger partial charge in [-0.3, -0.25) is 4.79 Å². The van der Waals surface area contributed by atoms with Gasteiger partial charge in [0.25, 0.3) is 0 Å². The molecule has 0 aliphatic carbocycles. The van der Waals surface area contributed by atoms with E-state index in [1.807, 2.05) is 36.6 Å². The van der Waals surface area contributed by atoms with Crippen LogP contribution in [0.3, 0.4) is 0 Å². The first-order valence-corrected chi connectivity index (χ1v) is 10.9. The van der Waals surface area contributed by atoms with Crippen LogP contribution in [0.25, 0.3) is 10.2 Å². The molecule has 1 N–H and O–H groups in total. The maximum absolute atomic E-state index is 13.9. The molecule has 0 atom stereocenters. The molecule has 0 radical (unpaired) electrons. The summed E-state index contributed by atoms with van der Waals surface area (Å²) in [5, 5.41) is 3.91. The Hall–Kier alpha value is -2.12. The average Bonchev–Trinajstić information content (AvgIpc) is 3.14. The Morgan fingerprint density at radius 2 is 2.00 bits per heavy atom. The molecule has 1 aliphatic rings. The quantitative estimate of drug-likeness (QED) is 0.624. The summed E-state index contributed by atoms with van der Waals surface area (Å²) in [6.07, 6.45) is 3.54. The van der Waals surface area contributed by atoms with Gasteiger partial charge in [-0.2, -0.15) is 0 Å². The molecule has 1 amide bonds. The van der Waals surface area contributed by atoms with Crippen LogP contribution in [0.5, 0.6) is 0 Å².